The Balaban J connectivity index is 1.42. The Morgan fingerprint density at radius 2 is 1.74 bits per heavy atom. The number of benzene rings is 1. The highest BCUT2D eigenvalue weighted by Crippen LogP contribution is 2.16. The predicted molar refractivity (Wildman–Crippen MR) is 97.5 cm³/mol. The van der Waals surface area contributed by atoms with Gasteiger partial charge >= 0.3 is 0 Å². The number of aromatic amines is 1. The highest BCUT2D eigenvalue weighted by atomic mass is 19.1. The van der Waals surface area contributed by atoms with Crippen molar-refractivity contribution < 1.29 is 14.0 Å². The molecule has 27 heavy (non-hydrogen) atoms. The third-order valence-corrected chi connectivity index (χ3v) is 3.82. The maximum atomic E-state index is 13.4. The minimum absolute atomic E-state index is 0.104. The van der Waals surface area contributed by atoms with Crippen LogP contribution in [-0.2, 0) is 0 Å². The van der Waals surface area contributed by atoms with Crippen LogP contribution in [0, 0.1) is 5.95 Å². The fourth-order valence-electron chi connectivity index (χ4n) is 2.43. The molecule has 1 aromatic carbocycles. The summed E-state index contributed by atoms with van der Waals surface area (Å²) >= 11 is 0. The van der Waals surface area contributed by atoms with Crippen LogP contribution >= 0.6 is 0 Å². The second-order valence-electron chi connectivity index (χ2n) is 5.74. The third-order valence-electron chi connectivity index (χ3n) is 3.82. The molecule has 0 fully saturated rings. The zero-order chi connectivity index (χ0) is 19.1. The second-order valence-corrected chi connectivity index (χ2v) is 5.74. The van der Waals surface area contributed by atoms with Crippen LogP contribution in [0.4, 0.5) is 4.39 Å². The van der Waals surface area contributed by atoms with Crippen molar-refractivity contribution in [2.45, 2.75) is 6.42 Å². The first kappa shape index (κ1) is 18.2. The van der Waals surface area contributed by atoms with Gasteiger partial charge in [0.05, 0.1) is 11.3 Å². The number of pyridine rings is 1. The van der Waals surface area contributed by atoms with E-state index in [2.05, 4.69) is 25.8 Å². The largest absolute Gasteiger partial charge is 0.352 e. The molecule has 2 amide bonds. The summed E-state index contributed by atoms with van der Waals surface area (Å²) < 4.78 is 13.4. The monoisotopic (exact) mass is 367 g/mol. The molecule has 0 saturated heterocycles. The van der Waals surface area contributed by atoms with Crippen LogP contribution < -0.4 is 10.6 Å². The van der Waals surface area contributed by atoms with Crippen molar-refractivity contribution in [2.24, 2.45) is 0 Å². The van der Waals surface area contributed by atoms with Gasteiger partial charge in [-0.3, -0.25) is 14.7 Å². The standard InChI is InChI=1S/C19H18FN5O2/c20-17-14(8-4-9-21-17)18(26)22-10-5-11-23-19(27)16-12-15(24-25-16)13-6-2-1-3-7-13/h1-4,6-9,12H,5,10-11H2,(H,22,26)(H,23,27)(H,24,25). The first-order chi connectivity index (χ1) is 13.1. The van der Waals surface area contributed by atoms with Crippen LogP contribution in [-0.4, -0.2) is 40.1 Å². The van der Waals surface area contributed by atoms with Gasteiger partial charge in [0.2, 0.25) is 5.95 Å². The van der Waals surface area contributed by atoms with Crippen LogP contribution in [0.1, 0.15) is 27.3 Å². The van der Waals surface area contributed by atoms with E-state index >= 15 is 0 Å². The second kappa shape index (κ2) is 8.70. The van der Waals surface area contributed by atoms with E-state index in [4.69, 9.17) is 0 Å². The SMILES string of the molecule is O=C(NCCCNC(=O)c1cccnc1F)c1cc(-c2ccccc2)n[nH]1. The van der Waals surface area contributed by atoms with E-state index < -0.39 is 11.9 Å². The molecule has 2 aromatic heterocycles. The van der Waals surface area contributed by atoms with Gasteiger partial charge < -0.3 is 10.6 Å². The number of nitrogens with one attached hydrogen (secondary N) is 3. The normalized spacial score (nSPS) is 10.4. The van der Waals surface area contributed by atoms with E-state index in [1.54, 1.807) is 6.07 Å². The Kier molecular flexibility index (Phi) is 5.88. The average molecular weight is 367 g/mol. The molecule has 3 rings (SSSR count). The van der Waals surface area contributed by atoms with E-state index in [0.29, 0.717) is 30.9 Å². The quantitative estimate of drug-likeness (QED) is 0.440. The first-order valence-corrected chi connectivity index (χ1v) is 8.43. The summed E-state index contributed by atoms with van der Waals surface area (Å²) in [6.07, 6.45) is 1.78. The van der Waals surface area contributed by atoms with Crippen molar-refractivity contribution >= 4 is 11.8 Å². The lowest BCUT2D eigenvalue weighted by Gasteiger charge is -2.06. The van der Waals surface area contributed by atoms with Gasteiger partial charge in [0.15, 0.2) is 0 Å². The van der Waals surface area contributed by atoms with E-state index in [0.717, 1.165) is 5.56 Å². The third kappa shape index (κ3) is 4.75. The molecule has 3 N–H and O–H groups in total. The molecule has 0 unspecified atom stereocenters. The lowest BCUT2D eigenvalue weighted by molar-refractivity contribution is 0.0947. The lowest BCUT2D eigenvalue weighted by Crippen LogP contribution is -2.30. The zero-order valence-corrected chi connectivity index (χ0v) is 14.4. The molecule has 0 saturated carbocycles. The number of carbonyl (C=O) groups excluding carboxylic acids is 2. The highest BCUT2D eigenvalue weighted by molar-refractivity contribution is 5.94. The molecule has 8 heteroatoms. The van der Waals surface area contributed by atoms with Crippen LogP contribution in [0.3, 0.4) is 0 Å². The molecule has 0 aliphatic carbocycles. The number of aromatic nitrogens is 3. The summed E-state index contributed by atoms with van der Waals surface area (Å²) in [6, 6.07) is 14.1. The maximum Gasteiger partial charge on any atom is 0.269 e. The number of hydrogen-bond acceptors (Lipinski definition) is 4. The number of carbonyl (C=O) groups is 2. The maximum absolute atomic E-state index is 13.4. The Hall–Kier alpha value is -3.55. The molecule has 138 valence electrons. The summed E-state index contributed by atoms with van der Waals surface area (Å²) in [5, 5.41) is 12.2. The molecule has 0 atom stereocenters. The molecular formula is C19H18FN5O2. The van der Waals surface area contributed by atoms with Gasteiger partial charge in [-0.15, -0.1) is 0 Å². The molecule has 2 heterocycles. The number of H-pyrrole nitrogens is 1. The van der Waals surface area contributed by atoms with E-state index in [1.165, 1.54) is 18.3 Å². The van der Waals surface area contributed by atoms with Gasteiger partial charge in [0, 0.05) is 24.8 Å². The van der Waals surface area contributed by atoms with Crippen molar-refractivity contribution in [3.63, 3.8) is 0 Å². The number of amides is 2. The van der Waals surface area contributed by atoms with Gasteiger partial charge in [-0.1, -0.05) is 30.3 Å². The first-order valence-electron chi connectivity index (χ1n) is 8.43. The molecule has 0 aliphatic heterocycles. The highest BCUT2D eigenvalue weighted by Gasteiger charge is 2.12. The van der Waals surface area contributed by atoms with Crippen molar-refractivity contribution in [1.29, 1.82) is 0 Å². The van der Waals surface area contributed by atoms with Crippen LogP contribution in [0.2, 0.25) is 0 Å². The van der Waals surface area contributed by atoms with Crippen molar-refractivity contribution in [3.05, 3.63) is 71.9 Å². The number of rotatable bonds is 7. The summed E-state index contributed by atoms with van der Waals surface area (Å²) in [5.41, 5.74) is 1.85. The fourth-order valence-corrected chi connectivity index (χ4v) is 2.43. The minimum Gasteiger partial charge on any atom is -0.352 e. The summed E-state index contributed by atoms with van der Waals surface area (Å²) in [6.45, 7) is 0.653. The Labute approximate surface area is 155 Å². The zero-order valence-electron chi connectivity index (χ0n) is 14.4. The molecular weight excluding hydrogens is 349 g/mol. The summed E-state index contributed by atoms with van der Waals surface area (Å²) in [5.74, 6) is -1.63. The van der Waals surface area contributed by atoms with Crippen molar-refractivity contribution in [2.75, 3.05) is 13.1 Å². The number of halogens is 1. The van der Waals surface area contributed by atoms with Crippen molar-refractivity contribution in [3.8, 4) is 11.3 Å². The molecule has 0 spiro atoms. The van der Waals surface area contributed by atoms with Gasteiger partial charge in [0.25, 0.3) is 11.8 Å². The van der Waals surface area contributed by atoms with Crippen molar-refractivity contribution in [1.82, 2.24) is 25.8 Å². The fraction of sp³-hybridized carbons (Fsp3) is 0.158. The minimum atomic E-state index is -0.809. The number of hydrogen-bond donors (Lipinski definition) is 3. The predicted octanol–water partition coefficient (Wildman–Crippen LogP) is 2.16. The Morgan fingerprint density at radius 1 is 1.00 bits per heavy atom. The lowest BCUT2D eigenvalue weighted by atomic mass is 10.1. The molecule has 0 radical (unpaired) electrons. The van der Waals surface area contributed by atoms with Crippen LogP contribution in [0.5, 0.6) is 0 Å². The van der Waals surface area contributed by atoms with Gasteiger partial charge in [0.1, 0.15) is 5.69 Å². The topological polar surface area (TPSA) is 99.8 Å². The van der Waals surface area contributed by atoms with Crippen LogP contribution in [0.25, 0.3) is 11.3 Å². The van der Waals surface area contributed by atoms with Gasteiger partial charge in [-0.05, 0) is 24.6 Å². The smallest absolute Gasteiger partial charge is 0.269 e. The van der Waals surface area contributed by atoms with Crippen LogP contribution in [0.15, 0.2) is 54.7 Å². The summed E-state index contributed by atoms with van der Waals surface area (Å²) in [7, 11) is 0. The van der Waals surface area contributed by atoms with E-state index in [-0.39, 0.29) is 11.5 Å². The molecule has 0 aliphatic rings. The average Bonchev–Trinajstić information content (AvgIpc) is 3.19. The Bertz CT molecular complexity index is 927. The molecule has 3 aromatic rings. The molecule has 7 nitrogen and oxygen atoms in total. The Morgan fingerprint density at radius 3 is 2.48 bits per heavy atom. The number of nitrogens with zero attached hydrogens (tertiary/aromatic N) is 2. The molecule has 0 bridgehead atoms. The van der Waals surface area contributed by atoms with Gasteiger partial charge in [-0.25, -0.2) is 4.98 Å². The van der Waals surface area contributed by atoms with E-state index in [9.17, 15) is 14.0 Å². The van der Waals surface area contributed by atoms with Gasteiger partial charge in [-0.2, -0.15) is 9.49 Å². The van der Waals surface area contributed by atoms with E-state index in [1.807, 2.05) is 30.3 Å². The summed E-state index contributed by atoms with van der Waals surface area (Å²) in [4.78, 5) is 27.4.